The number of nitrogens with zero attached hydrogens (tertiary/aromatic N) is 2. The van der Waals surface area contributed by atoms with E-state index in [4.69, 9.17) is 0 Å². The van der Waals surface area contributed by atoms with E-state index >= 15 is 0 Å². The summed E-state index contributed by atoms with van der Waals surface area (Å²) in [5.74, 6) is 0.148. The van der Waals surface area contributed by atoms with E-state index in [1.807, 2.05) is 60.2 Å². The zero-order valence-corrected chi connectivity index (χ0v) is 12.7. The Hall–Kier alpha value is -1.39. The van der Waals surface area contributed by atoms with E-state index in [2.05, 4.69) is 22.0 Å². The minimum absolute atomic E-state index is 0.148. The maximum atomic E-state index is 12.1. The second-order valence-electron chi connectivity index (χ2n) is 4.75. The molecule has 2 aromatic rings. The zero-order chi connectivity index (χ0) is 13.8. The van der Waals surface area contributed by atoms with Gasteiger partial charge in [-0.3, -0.25) is 9.69 Å². The van der Waals surface area contributed by atoms with Crippen molar-refractivity contribution in [3.8, 4) is 0 Å². The fraction of sp³-hybridized carbons (Fsp3) is 0.267. The van der Waals surface area contributed by atoms with Crippen LogP contribution in [0.1, 0.15) is 15.9 Å². The highest BCUT2D eigenvalue weighted by Gasteiger charge is 2.11. The van der Waals surface area contributed by atoms with Gasteiger partial charge in [0.25, 0.3) is 0 Å². The van der Waals surface area contributed by atoms with Crippen LogP contribution in [0.5, 0.6) is 0 Å². The molecule has 0 saturated heterocycles. The fourth-order valence-electron chi connectivity index (χ4n) is 1.98. The fourth-order valence-corrected chi connectivity index (χ4v) is 2.39. The summed E-state index contributed by atoms with van der Waals surface area (Å²) in [6.45, 7) is 1.17. The SMILES string of the molecule is CN(CC(=O)c1ccn(C)c1)Cc1ccccc1Br. The molecule has 0 bridgehead atoms. The molecule has 0 aliphatic carbocycles. The first-order valence-corrected chi connectivity index (χ1v) is 6.92. The highest BCUT2D eigenvalue weighted by atomic mass is 79.9. The number of hydrogen-bond acceptors (Lipinski definition) is 2. The molecule has 0 radical (unpaired) electrons. The maximum absolute atomic E-state index is 12.1. The van der Waals surface area contributed by atoms with Crippen LogP contribution in [0.2, 0.25) is 0 Å². The third-order valence-electron chi connectivity index (χ3n) is 2.97. The summed E-state index contributed by atoms with van der Waals surface area (Å²) in [5, 5.41) is 0. The van der Waals surface area contributed by atoms with Gasteiger partial charge in [-0.1, -0.05) is 34.1 Å². The Bertz CT molecular complexity index is 577. The van der Waals surface area contributed by atoms with Crippen LogP contribution in [0.15, 0.2) is 47.2 Å². The van der Waals surface area contributed by atoms with Crippen molar-refractivity contribution in [3.63, 3.8) is 0 Å². The molecule has 0 fully saturated rings. The molecule has 2 rings (SSSR count). The molecule has 0 amide bonds. The van der Waals surface area contributed by atoms with Crippen molar-refractivity contribution in [1.82, 2.24) is 9.47 Å². The standard InChI is InChI=1S/C15H17BrN2O/c1-17-8-7-13(10-17)15(19)11-18(2)9-12-5-3-4-6-14(12)16/h3-8,10H,9,11H2,1-2H3. The molecule has 1 aromatic heterocycles. The molecule has 0 aliphatic heterocycles. The van der Waals surface area contributed by atoms with Crippen molar-refractivity contribution < 1.29 is 4.79 Å². The maximum Gasteiger partial charge on any atom is 0.178 e. The Morgan fingerprint density at radius 2 is 2.05 bits per heavy atom. The Kier molecular flexibility index (Phi) is 4.56. The van der Waals surface area contributed by atoms with Gasteiger partial charge in [-0.05, 0) is 24.7 Å². The average Bonchev–Trinajstić information content (AvgIpc) is 2.79. The molecule has 3 nitrogen and oxygen atoms in total. The first-order chi connectivity index (χ1) is 9.06. The third-order valence-corrected chi connectivity index (χ3v) is 3.74. The molecule has 0 saturated carbocycles. The Balaban J connectivity index is 1.96. The summed E-state index contributed by atoms with van der Waals surface area (Å²) in [6.07, 6.45) is 3.75. The van der Waals surface area contributed by atoms with Crippen LogP contribution < -0.4 is 0 Å². The van der Waals surface area contributed by atoms with Crippen molar-refractivity contribution in [2.45, 2.75) is 6.54 Å². The molecule has 19 heavy (non-hydrogen) atoms. The number of carbonyl (C=O) groups excluding carboxylic acids is 1. The number of carbonyl (C=O) groups is 1. The van der Waals surface area contributed by atoms with E-state index in [9.17, 15) is 4.79 Å². The lowest BCUT2D eigenvalue weighted by molar-refractivity contribution is 0.0943. The second kappa shape index (κ2) is 6.17. The van der Waals surface area contributed by atoms with E-state index in [1.54, 1.807) is 0 Å². The number of ketones is 1. The average molecular weight is 321 g/mol. The van der Waals surface area contributed by atoms with Gasteiger partial charge >= 0.3 is 0 Å². The minimum atomic E-state index is 0.148. The molecule has 0 unspecified atom stereocenters. The molecule has 0 atom stereocenters. The Morgan fingerprint density at radius 3 is 2.68 bits per heavy atom. The number of hydrogen-bond donors (Lipinski definition) is 0. The van der Waals surface area contributed by atoms with Gasteiger partial charge in [0.05, 0.1) is 6.54 Å². The van der Waals surface area contributed by atoms with E-state index < -0.39 is 0 Å². The normalized spacial score (nSPS) is 10.9. The lowest BCUT2D eigenvalue weighted by atomic mass is 10.2. The van der Waals surface area contributed by atoms with Gasteiger partial charge in [-0.25, -0.2) is 0 Å². The van der Waals surface area contributed by atoms with Crippen LogP contribution >= 0.6 is 15.9 Å². The Morgan fingerprint density at radius 1 is 1.32 bits per heavy atom. The van der Waals surface area contributed by atoms with E-state index in [-0.39, 0.29) is 5.78 Å². The van der Waals surface area contributed by atoms with Gasteiger partial charge in [0, 0.05) is 36.0 Å². The summed E-state index contributed by atoms with van der Waals surface area (Å²) in [6, 6.07) is 9.93. The topological polar surface area (TPSA) is 25.2 Å². The van der Waals surface area contributed by atoms with Crippen LogP contribution in [0.25, 0.3) is 0 Å². The van der Waals surface area contributed by atoms with Crippen molar-refractivity contribution in [2.75, 3.05) is 13.6 Å². The number of benzene rings is 1. The summed E-state index contributed by atoms with van der Waals surface area (Å²) in [7, 11) is 3.88. The summed E-state index contributed by atoms with van der Waals surface area (Å²) in [4.78, 5) is 14.1. The number of Topliss-reactive ketones (excluding diaryl/α,β-unsaturated/α-hetero) is 1. The predicted octanol–water partition coefficient (Wildman–Crippen LogP) is 3.10. The number of rotatable bonds is 5. The minimum Gasteiger partial charge on any atom is -0.357 e. The molecule has 4 heteroatoms. The summed E-state index contributed by atoms with van der Waals surface area (Å²) in [5.41, 5.74) is 1.95. The van der Waals surface area contributed by atoms with Gasteiger partial charge in [-0.2, -0.15) is 0 Å². The van der Waals surface area contributed by atoms with E-state index in [0.717, 1.165) is 16.6 Å². The molecule has 0 aliphatic rings. The van der Waals surface area contributed by atoms with Crippen molar-refractivity contribution in [3.05, 3.63) is 58.3 Å². The molecule has 0 spiro atoms. The summed E-state index contributed by atoms with van der Waals surface area (Å²) < 4.78 is 2.97. The largest absolute Gasteiger partial charge is 0.357 e. The lowest BCUT2D eigenvalue weighted by Crippen LogP contribution is -2.25. The zero-order valence-electron chi connectivity index (χ0n) is 11.1. The summed E-state index contributed by atoms with van der Waals surface area (Å²) >= 11 is 3.52. The van der Waals surface area contributed by atoms with Gasteiger partial charge in [0.15, 0.2) is 5.78 Å². The van der Waals surface area contributed by atoms with Crippen LogP contribution in [0.3, 0.4) is 0 Å². The Labute approximate surface area is 122 Å². The molecule has 1 heterocycles. The van der Waals surface area contributed by atoms with Crippen molar-refractivity contribution in [2.24, 2.45) is 7.05 Å². The van der Waals surface area contributed by atoms with Gasteiger partial charge in [0.1, 0.15) is 0 Å². The first-order valence-electron chi connectivity index (χ1n) is 6.13. The number of halogens is 1. The van der Waals surface area contributed by atoms with E-state index in [0.29, 0.717) is 6.54 Å². The second-order valence-corrected chi connectivity index (χ2v) is 5.61. The van der Waals surface area contributed by atoms with Crippen LogP contribution in [-0.4, -0.2) is 28.8 Å². The molecule has 1 aromatic carbocycles. The quantitative estimate of drug-likeness (QED) is 0.791. The van der Waals surface area contributed by atoms with Gasteiger partial charge in [0.2, 0.25) is 0 Å². The predicted molar refractivity (Wildman–Crippen MR) is 80.2 cm³/mol. The number of aromatic nitrogens is 1. The van der Waals surface area contributed by atoms with Crippen LogP contribution in [0, 0.1) is 0 Å². The monoisotopic (exact) mass is 320 g/mol. The molecule has 0 N–H and O–H groups in total. The first kappa shape index (κ1) is 14.0. The molecular formula is C15H17BrN2O. The van der Waals surface area contributed by atoms with Crippen molar-refractivity contribution >= 4 is 21.7 Å². The highest BCUT2D eigenvalue weighted by Crippen LogP contribution is 2.17. The smallest absolute Gasteiger partial charge is 0.178 e. The lowest BCUT2D eigenvalue weighted by Gasteiger charge is -2.16. The van der Waals surface area contributed by atoms with Crippen molar-refractivity contribution in [1.29, 1.82) is 0 Å². The molecular weight excluding hydrogens is 304 g/mol. The highest BCUT2D eigenvalue weighted by molar-refractivity contribution is 9.10. The van der Waals surface area contributed by atoms with Crippen LogP contribution in [-0.2, 0) is 13.6 Å². The number of aryl methyl sites for hydroxylation is 1. The van der Waals surface area contributed by atoms with Gasteiger partial charge < -0.3 is 4.57 Å². The van der Waals surface area contributed by atoms with E-state index in [1.165, 1.54) is 5.56 Å². The number of likely N-dealkylation sites (N-methyl/N-ethyl adjacent to an activating group) is 1. The van der Waals surface area contributed by atoms with Crippen LogP contribution in [0.4, 0.5) is 0 Å². The van der Waals surface area contributed by atoms with Gasteiger partial charge in [-0.15, -0.1) is 0 Å². The third kappa shape index (κ3) is 3.78. The molecule has 100 valence electrons.